The number of nitrogens with two attached hydrogens (primary N) is 2. The summed E-state index contributed by atoms with van der Waals surface area (Å²) in [6.45, 7) is 1.03. The zero-order valence-corrected chi connectivity index (χ0v) is 9.89. The fraction of sp³-hybridized carbons (Fsp3) is 0.364. The number of nitrogens with one attached hydrogen (secondary N) is 1. The number of anilines is 1. The second-order valence-corrected chi connectivity index (χ2v) is 3.75. The van der Waals surface area contributed by atoms with Gasteiger partial charge in [0.05, 0.1) is 10.5 Å². The van der Waals surface area contributed by atoms with Gasteiger partial charge >= 0.3 is 0 Å². The number of nitrogens with zero attached hydrogens (tertiary/aromatic N) is 1. The molecule has 0 spiro atoms. The Morgan fingerprint density at radius 1 is 1.39 bits per heavy atom. The van der Waals surface area contributed by atoms with Gasteiger partial charge in [-0.25, -0.2) is 0 Å². The summed E-state index contributed by atoms with van der Waals surface area (Å²) in [5.74, 6) is -0.409. The summed E-state index contributed by atoms with van der Waals surface area (Å²) in [4.78, 5) is 21.8. The highest BCUT2D eigenvalue weighted by Crippen LogP contribution is 2.24. The summed E-state index contributed by atoms with van der Waals surface area (Å²) < 4.78 is 0. The number of unbranched alkanes of at least 4 members (excludes halogenated alkanes) is 1. The Morgan fingerprint density at radius 2 is 2.11 bits per heavy atom. The zero-order valence-electron chi connectivity index (χ0n) is 9.89. The fourth-order valence-corrected chi connectivity index (χ4v) is 1.48. The maximum atomic E-state index is 11.8. The van der Waals surface area contributed by atoms with Crippen LogP contribution < -0.4 is 16.8 Å². The largest absolute Gasteiger partial charge is 0.393 e. The molecule has 0 heterocycles. The minimum absolute atomic E-state index is 0.112. The van der Waals surface area contributed by atoms with Crippen LogP contribution in [0.25, 0.3) is 0 Å². The maximum absolute atomic E-state index is 11.8. The van der Waals surface area contributed by atoms with Crippen molar-refractivity contribution >= 4 is 17.3 Å². The standard InChI is InChI=1S/C11H16N4O3/c12-6-1-2-7-14-11(16)8-4-3-5-9(10(8)13)15(17)18/h3-5H,1-2,6-7,12-13H2,(H,14,16). The summed E-state index contributed by atoms with van der Waals surface area (Å²) in [6.07, 6.45) is 1.57. The van der Waals surface area contributed by atoms with Gasteiger partial charge in [-0.2, -0.15) is 0 Å². The van der Waals surface area contributed by atoms with E-state index in [1.54, 1.807) is 0 Å². The highest BCUT2D eigenvalue weighted by Gasteiger charge is 2.18. The summed E-state index contributed by atoms with van der Waals surface area (Å²) >= 11 is 0. The van der Waals surface area contributed by atoms with Crippen LogP contribution in [0.2, 0.25) is 0 Å². The molecule has 0 saturated heterocycles. The Kier molecular flexibility index (Phi) is 5.06. The topological polar surface area (TPSA) is 124 Å². The van der Waals surface area contributed by atoms with Gasteiger partial charge in [-0.1, -0.05) is 6.07 Å². The number of amides is 1. The molecule has 0 aliphatic carbocycles. The number of carbonyl (C=O) groups is 1. The molecule has 7 heteroatoms. The van der Waals surface area contributed by atoms with Crippen LogP contribution in [0.4, 0.5) is 11.4 Å². The lowest BCUT2D eigenvalue weighted by Crippen LogP contribution is -2.26. The molecule has 5 N–H and O–H groups in total. The Bertz CT molecular complexity index is 448. The third kappa shape index (κ3) is 3.42. The molecular weight excluding hydrogens is 236 g/mol. The summed E-state index contributed by atoms with van der Waals surface area (Å²) in [7, 11) is 0. The van der Waals surface area contributed by atoms with Gasteiger partial charge in [-0.05, 0) is 25.5 Å². The van der Waals surface area contributed by atoms with Crippen molar-refractivity contribution in [2.75, 3.05) is 18.8 Å². The van der Waals surface area contributed by atoms with Crippen LogP contribution in [0.3, 0.4) is 0 Å². The molecule has 0 bridgehead atoms. The average molecular weight is 252 g/mol. The molecule has 0 atom stereocenters. The van der Waals surface area contributed by atoms with Crippen LogP contribution >= 0.6 is 0 Å². The van der Waals surface area contributed by atoms with Crippen LogP contribution in [0.15, 0.2) is 18.2 Å². The summed E-state index contributed by atoms with van der Waals surface area (Å²) in [6, 6.07) is 4.16. The Labute approximate surface area is 104 Å². The van der Waals surface area contributed by atoms with E-state index in [2.05, 4.69) is 5.32 Å². The minimum atomic E-state index is -0.611. The van der Waals surface area contributed by atoms with E-state index in [0.29, 0.717) is 13.1 Å². The summed E-state index contributed by atoms with van der Waals surface area (Å²) in [5.41, 5.74) is 10.7. The van der Waals surface area contributed by atoms with Gasteiger partial charge in [0.2, 0.25) is 0 Å². The molecule has 7 nitrogen and oxygen atoms in total. The Hall–Kier alpha value is -2.15. The van der Waals surface area contributed by atoms with Gasteiger partial charge in [0.15, 0.2) is 0 Å². The van der Waals surface area contributed by atoms with Crippen molar-refractivity contribution in [3.8, 4) is 0 Å². The van der Waals surface area contributed by atoms with Gasteiger partial charge in [-0.3, -0.25) is 14.9 Å². The lowest BCUT2D eigenvalue weighted by molar-refractivity contribution is -0.383. The van der Waals surface area contributed by atoms with Crippen LogP contribution in [-0.2, 0) is 0 Å². The van der Waals surface area contributed by atoms with Crippen LogP contribution in [-0.4, -0.2) is 23.9 Å². The van der Waals surface area contributed by atoms with E-state index in [1.165, 1.54) is 18.2 Å². The third-order valence-electron chi connectivity index (χ3n) is 2.44. The molecule has 1 rings (SSSR count). The fourth-order valence-electron chi connectivity index (χ4n) is 1.48. The minimum Gasteiger partial charge on any atom is -0.393 e. The third-order valence-corrected chi connectivity index (χ3v) is 2.44. The van der Waals surface area contributed by atoms with E-state index >= 15 is 0 Å². The lowest BCUT2D eigenvalue weighted by Gasteiger charge is -2.07. The number of nitro benzene ring substituents is 1. The first kappa shape index (κ1) is 13.9. The zero-order chi connectivity index (χ0) is 13.5. The Morgan fingerprint density at radius 3 is 2.72 bits per heavy atom. The van der Waals surface area contributed by atoms with Crippen molar-refractivity contribution < 1.29 is 9.72 Å². The molecule has 18 heavy (non-hydrogen) atoms. The number of hydrogen-bond donors (Lipinski definition) is 3. The quantitative estimate of drug-likeness (QED) is 0.296. The van der Waals surface area contributed by atoms with Crippen LogP contribution in [0.5, 0.6) is 0 Å². The van der Waals surface area contributed by atoms with E-state index in [9.17, 15) is 14.9 Å². The molecule has 0 radical (unpaired) electrons. The van der Waals surface area contributed by atoms with Crippen LogP contribution in [0.1, 0.15) is 23.2 Å². The van der Waals surface area contributed by atoms with Gasteiger partial charge < -0.3 is 16.8 Å². The molecular formula is C11H16N4O3. The number of carbonyl (C=O) groups excluding carboxylic acids is 1. The molecule has 0 aromatic heterocycles. The van der Waals surface area contributed by atoms with Gasteiger partial charge in [0.1, 0.15) is 5.69 Å². The van der Waals surface area contributed by atoms with E-state index < -0.39 is 10.8 Å². The monoisotopic (exact) mass is 252 g/mol. The number of hydrogen-bond acceptors (Lipinski definition) is 5. The van der Waals surface area contributed by atoms with E-state index in [-0.39, 0.29) is 16.9 Å². The first-order valence-electron chi connectivity index (χ1n) is 5.59. The number of para-hydroxylation sites is 1. The van der Waals surface area contributed by atoms with Crippen molar-refractivity contribution in [1.82, 2.24) is 5.32 Å². The maximum Gasteiger partial charge on any atom is 0.292 e. The molecule has 1 aromatic rings. The molecule has 0 aliphatic rings. The average Bonchev–Trinajstić information content (AvgIpc) is 2.34. The van der Waals surface area contributed by atoms with Crippen molar-refractivity contribution in [3.05, 3.63) is 33.9 Å². The second-order valence-electron chi connectivity index (χ2n) is 3.75. The van der Waals surface area contributed by atoms with E-state index in [4.69, 9.17) is 11.5 Å². The molecule has 0 fully saturated rings. The second kappa shape index (κ2) is 6.55. The first-order chi connectivity index (χ1) is 8.57. The van der Waals surface area contributed by atoms with Gasteiger partial charge in [0.25, 0.3) is 11.6 Å². The van der Waals surface area contributed by atoms with E-state index in [1.807, 2.05) is 0 Å². The van der Waals surface area contributed by atoms with Crippen molar-refractivity contribution in [2.45, 2.75) is 12.8 Å². The Balaban J connectivity index is 2.74. The number of rotatable bonds is 6. The lowest BCUT2D eigenvalue weighted by atomic mass is 10.1. The SMILES string of the molecule is NCCCCNC(=O)c1cccc([N+](=O)[O-])c1N. The highest BCUT2D eigenvalue weighted by atomic mass is 16.6. The normalized spacial score (nSPS) is 10.1. The molecule has 1 aromatic carbocycles. The molecule has 98 valence electrons. The molecule has 0 unspecified atom stereocenters. The van der Waals surface area contributed by atoms with E-state index in [0.717, 1.165) is 12.8 Å². The predicted octanol–water partition coefficient (Wildman–Crippen LogP) is 0.646. The number of benzene rings is 1. The molecule has 0 aliphatic heterocycles. The van der Waals surface area contributed by atoms with Crippen LogP contribution in [0, 0.1) is 10.1 Å². The predicted molar refractivity (Wildman–Crippen MR) is 68.1 cm³/mol. The van der Waals surface area contributed by atoms with Gasteiger partial charge in [0, 0.05) is 12.6 Å². The number of nitro groups is 1. The summed E-state index contributed by atoms with van der Waals surface area (Å²) in [5, 5.41) is 13.3. The molecule has 0 saturated carbocycles. The highest BCUT2D eigenvalue weighted by molar-refractivity contribution is 6.00. The number of nitrogen functional groups attached to an aromatic ring is 1. The molecule has 1 amide bonds. The van der Waals surface area contributed by atoms with Crippen molar-refractivity contribution in [1.29, 1.82) is 0 Å². The van der Waals surface area contributed by atoms with Crippen molar-refractivity contribution in [3.63, 3.8) is 0 Å². The van der Waals surface area contributed by atoms with Gasteiger partial charge in [-0.15, -0.1) is 0 Å². The smallest absolute Gasteiger partial charge is 0.292 e. The first-order valence-corrected chi connectivity index (χ1v) is 5.59. The van der Waals surface area contributed by atoms with Crippen molar-refractivity contribution in [2.24, 2.45) is 5.73 Å².